The van der Waals surface area contributed by atoms with Crippen molar-refractivity contribution >= 4 is 23.1 Å². The molecule has 6 N–H and O–H groups in total. The number of anilines is 1. The van der Waals surface area contributed by atoms with E-state index >= 15 is 0 Å². The normalized spacial score (nSPS) is 8.90. The molecule has 6 nitrogen and oxygen atoms in total. The fraction of sp³-hybridized carbons (Fsp3) is 0. The van der Waals surface area contributed by atoms with Gasteiger partial charge in [0.05, 0.1) is 5.10 Å². The molecule has 0 bridgehead atoms. The Balaban J connectivity index is 2.48. The minimum atomic E-state index is 0.320. The number of nitrogens with one attached hydrogen (secondary N) is 4. The minimum Gasteiger partial charge on any atom is -0.301 e. The van der Waals surface area contributed by atoms with E-state index in [0.717, 1.165) is 0 Å². The molecule has 1 rings (SSSR count). The summed E-state index contributed by atoms with van der Waals surface area (Å²) < 4.78 is 0. The molecule has 0 spiro atoms. The molecule has 0 unspecified atom stereocenters. The maximum absolute atomic E-state index is 4.99. The van der Waals surface area contributed by atoms with E-state index in [4.69, 9.17) is 5.84 Å². The zero-order valence-corrected chi connectivity index (χ0v) is 5.83. The summed E-state index contributed by atoms with van der Waals surface area (Å²) in [5.41, 5.74) is 2.26. The molecule has 1 aromatic heterocycles. The van der Waals surface area contributed by atoms with Gasteiger partial charge in [-0.05, 0) is 12.2 Å². The quantitative estimate of drug-likeness (QED) is 0.224. The highest BCUT2D eigenvalue weighted by Crippen LogP contribution is 1.91. The van der Waals surface area contributed by atoms with Crippen LogP contribution >= 0.6 is 12.2 Å². The van der Waals surface area contributed by atoms with E-state index in [1.54, 1.807) is 6.20 Å². The van der Waals surface area contributed by atoms with Gasteiger partial charge in [-0.15, -0.1) is 0 Å². The van der Waals surface area contributed by atoms with Crippen molar-refractivity contribution in [3.05, 3.63) is 6.20 Å². The standard InChI is InChI=1S/C3H6N6S/c4-7-3(10)6-2-1-5-9-8-2/h1H,4H2,(H3,5,6,7,8,9,10)/p+1. The maximum Gasteiger partial charge on any atom is 0.313 e. The maximum atomic E-state index is 4.99. The molecule has 1 heterocycles. The van der Waals surface area contributed by atoms with E-state index < -0.39 is 0 Å². The van der Waals surface area contributed by atoms with Crippen LogP contribution in [0.2, 0.25) is 0 Å². The molecule has 1 aromatic rings. The molecule has 0 aliphatic carbocycles. The first-order valence-corrected chi connectivity index (χ1v) is 2.93. The third kappa shape index (κ3) is 1.64. The number of H-pyrrole nitrogens is 2. The number of thiocarbonyl (C=S) groups is 1. The summed E-state index contributed by atoms with van der Waals surface area (Å²) in [6, 6.07) is 0. The molecule has 0 aromatic carbocycles. The van der Waals surface area contributed by atoms with Crippen molar-refractivity contribution < 1.29 is 5.10 Å². The first-order valence-electron chi connectivity index (χ1n) is 2.52. The Morgan fingerprint density at radius 2 is 2.70 bits per heavy atom. The van der Waals surface area contributed by atoms with Gasteiger partial charge >= 0.3 is 5.82 Å². The molecule has 0 fully saturated rings. The van der Waals surface area contributed by atoms with Crippen molar-refractivity contribution in [1.82, 2.24) is 15.7 Å². The summed E-state index contributed by atoms with van der Waals surface area (Å²) in [6.45, 7) is 0. The van der Waals surface area contributed by atoms with E-state index in [1.807, 2.05) is 0 Å². The van der Waals surface area contributed by atoms with Crippen LogP contribution in [0.5, 0.6) is 0 Å². The van der Waals surface area contributed by atoms with Crippen LogP contribution in [0.3, 0.4) is 0 Å². The van der Waals surface area contributed by atoms with Crippen LogP contribution in [-0.2, 0) is 0 Å². The number of nitrogens with two attached hydrogens (primary N) is 1. The molecular formula is C3H7N6S+. The lowest BCUT2D eigenvalue weighted by molar-refractivity contribution is -0.454. The van der Waals surface area contributed by atoms with Gasteiger partial charge < -0.3 is 5.43 Å². The van der Waals surface area contributed by atoms with Crippen molar-refractivity contribution in [1.29, 1.82) is 0 Å². The van der Waals surface area contributed by atoms with Gasteiger partial charge in [-0.25, -0.2) is 5.84 Å². The van der Waals surface area contributed by atoms with Gasteiger partial charge in [0.2, 0.25) is 0 Å². The Labute approximate surface area is 62.2 Å². The van der Waals surface area contributed by atoms with Crippen LogP contribution in [0.25, 0.3) is 0 Å². The summed E-state index contributed by atoms with van der Waals surface area (Å²) in [5.74, 6) is 5.57. The fourth-order valence-corrected chi connectivity index (χ4v) is 0.546. The number of hydrazine groups is 1. The number of hydrogen-bond acceptors (Lipinski definition) is 3. The van der Waals surface area contributed by atoms with E-state index in [9.17, 15) is 0 Å². The predicted octanol–water partition coefficient (Wildman–Crippen LogP) is -1.62. The molecule has 0 amide bonds. The van der Waals surface area contributed by atoms with Crippen LogP contribution in [0.15, 0.2) is 6.20 Å². The SMILES string of the molecule is NNC(=S)Nc1c[nH+][nH]n1. The number of hydrogen-bond donors (Lipinski definition) is 4. The van der Waals surface area contributed by atoms with Crippen LogP contribution in [0, 0.1) is 0 Å². The Kier molecular flexibility index (Phi) is 2.13. The predicted molar refractivity (Wildman–Crippen MR) is 38.7 cm³/mol. The second kappa shape index (κ2) is 3.08. The highest BCUT2D eigenvalue weighted by Gasteiger charge is 2.02. The lowest BCUT2D eigenvalue weighted by Gasteiger charge is -1.96. The highest BCUT2D eigenvalue weighted by atomic mass is 32.1. The smallest absolute Gasteiger partial charge is 0.301 e. The third-order valence-corrected chi connectivity index (χ3v) is 1.04. The van der Waals surface area contributed by atoms with Crippen LogP contribution in [-0.4, -0.2) is 15.4 Å². The number of aromatic amines is 2. The summed E-state index contributed by atoms with van der Waals surface area (Å²) in [5, 5.41) is 11.9. The van der Waals surface area contributed by atoms with Gasteiger partial charge in [0.1, 0.15) is 0 Å². The molecule has 0 saturated heterocycles. The Morgan fingerprint density at radius 1 is 1.90 bits per heavy atom. The average molecular weight is 159 g/mol. The van der Waals surface area contributed by atoms with E-state index in [0.29, 0.717) is 10.9 Å². The molecule has 7 heteroatoms. The van der Waals surface area contributed by atoms with Gasteiger partial charge in [-0.1, -0.05) is 5.21 Å². The summed E-state index contributed by atoms with van der Waals surface area (Å²) in [6.07, 6.45) is 1.61. The van der Waals surface area contributed by atoms with Gasteiger partial charge in [0, 0.05) is 0 Å². The molecule has 0 aliphatic heterocycles. The molecule has 0 saturated carbocycles. The monoisotopic (exact) mass is 159 g/mol. The van der Waals surface area contributed by atoms with Crippen molar-refractivity contribution in [3.8, 4) is 0 Å². The van der Waals surface area contributed by atoms with E-state index in [-0.39, 0.29) is 0 Å². The zero-order valence-electron chi connectivity index (χ0n) is 5.01. The minimum absolute atomic E-state index is 0.320. The first kappa shape index (κ1) is 6.90. The van der Waals surface area contributed by atoms with Crippen LogP contribution in [0.1, 0.15) is 0 Å². The molecular weight excluding hydrogens is 152 g/mol. The van der Waals surface area contributed by atoms with Crippen molar-refractivity contribution in [3.63, 3.8) is 0 Å². The van der Waals surface area contributed by atoms with Gasteiger partial charge in [0.15, 0.2) is 11.3 Å². The molecule has 0 radical (unpaired) electrons. The zero-order chi connectivity index (χ0) is 7.40. The van der Waals surface area contributed by atoms with Crippen molar-refractivity contribution in [2.24, 2.45) is 5.84 Å². The Morgan fingerprint density at radius 3 is 3.20 bits per heavy atom. The Bertz CT molecular complexity index is 205. The second-order valence-electron chi connectivity index (χ2n) is 1.50. The topological polar surface area (TPSA) is 92.9 Å². The van der Waals surface area contributed by atoms with Crippen molar-refractivity contribution in [2.75, 3.05) is 5.32 Å². The Hall–Kier alpha value is -1.21. The lowest BCUT2D eigenvalue weighted by Crippen LogP contribution is -2.34. The second-order valence-corrected chi connectivity index (χ2v) is 1.90. The summed E-state index contributed by atoms with van der Waals surface area (Å²) in [7, 11) is 0. The number of aromatic nitrogens is 3. The summed E-state index contributed by atoms with van der Waals surface area (Å²) in [4.78, 5) is 0. The van der Waals surface area contributed by atoms with Gasteiger partial charge in [-0.2, -0.15) is 5.10 Å². The molecule has 0 aliphatic rings. The van der Waals surface area contributed by atoms with Crippen LogP contribution in [0.4, 0.5) is 5.82 Å². The number of nitrogens with zero attached hydrogens (tertiary/aromatic N) is 1. The highest BCUT2D eigenvalue weighted by molar-refractivity contribution is 7.80. The molecule has 10 heavy (non-hydrogen) atoms. The van der Waals surface area contributed by atoms with Crippen molar-refractivity contribution in [2.45, 2.75) is 0 Å². The van der Waals surface area contributed by atoms with Gasteiger partial charge in [-0.3, -0.25) is 5.32 Å². The van der Waals surface area contributed by atoms with E-state index in [1.165, 1.54) is 0 Å². The van der Waals surface area contributed by atoms with E-state index in [2.05, 4.69) is 38.4 Å². The van der Waals surface area contributed by atoms with Crippen LogP contribution < -0.4 is 21.7 Å². The lowest BCUT2D eigenvalue weighted by atomic mass is 10.7. The van der Waals surface area contributed by atoms with Gasteiger partial charge in [0.25, 0.3) is 0 Å². The number of rotatable bonds is 1. The molecule has 54 valence electrons. The summed E-state index contributed by atoms with van der Waals surface area (Å²) >= 11 is 4.69. The fourth-order valence-electron chi connectivity index (χ4n) is 0.442. The average Bonchev–Trinajstić information content (AvgIpc) is 2.40. The first-order chi connectivity index (χ1) is 4.83. The molecule has 0 atom stereocenters. The third-order valence-electron chi connectivity index (χ3n) is 0.822. The largest absolute Gasteiger partial charge is 0.313 e.